The first-order valence-electron chi connectivity index (χ1n) is 11.2. The average molecular weight is 578 g/mol. The molecule has 1 unspecified atom stereocenters. The summed E-state index contributed by atoms with van der Waals surface area (Å²) >= 11 is 0. The van der Waals surface area contributed by atoms with Gasteiger partial charge in [-0.3, -0.25) is 9.05 Å². The number of ether oxygens (including phenoxy) is 2. The number of carbonyl (C=O) groups is 1. The highest BCUT2D eigenvalue weighted by molar-refractivity contribution is 7.89. The summed E-state index contributed by atoms with van der Waals surface area (Å²) in [5, 5.41) is 0. The summed E-state index contributed by atoms with van der Waals surface area (Å²) in [7, 11) is -8.70. The summed E-state index contributed by atoms with van der Waals surface area (Å²) in [6.45, 7) is -0.527. The molecule has 2 aliphatic heterocycles. The Labute approximate surface area is 210 Å². The van der Waals surface area contributed by atoms with Crippen LogP contribution in [0.15, 0.2) is 29.2 Å². The van der Waals surface area contributed by atoms with E-state index in [0.29, 0.717) is 0 Å². The van der Waals surface area contributed by atoms with Crippen LogP contribution >= 0.6 is 7.82 Å². The fourth-order valence-electron chi connectivity index (χ4n) is 3.92. The number of rotatable bonds is 8. The van der Waals surface area contributed by atoms with Crippen LogP contribution in [0.1, 0.15) is 19.8 Å². The van der Waals surface area contributed by atoms with Gasteiger partial charge in [-0.2, -0.15) is 17.5 Å². The van der Waals surface area contributed by atoms with Gasteiger partial charge < -0.3 is 19.3 Å². The van der Waals surface area contributed by atoms with Crippen LogP contribution in [0, 0.1) is 5.82 Å². The summed E-state index contributed by atoms with van der Waals surface area (Å²) < 4.78 is 111. The summed E-state index contributed by atoms with van der Waals surface area (Å²) in [5.41, 5.74) is -0.976. The van der Waals surface area contributed by atoms with E-state index in [0.717, 1.165) is 29.2 Å². The first kappa shape index (κ1) is 29.7. The van der Waals surface area contributed by atoms with E-state index in [9.17, 15) is 40.2 Å². The van der Waals surface area contributed by atoms with E-state index in [1.807, 2.05) is 0 Å². The van der Waals surface area contributed by atoms with Gasteiger partial charge in [-0.05, 0) is 44.0 Å². The standard InChI is InChI=1S/C20H27F4N2O9PS/c1-2-33-36(28,29)34-13-17(20(22,23)24)35-18(27)25-9-7-19(8-10-25)14-26(11-12-32-19)37(30,31)16-5-3-15(21)4-6-16/h3-6,17H,2,7-14H2,1H3,(H,28,29)/t17-/m1/s1. The summed E-state index contributed by atoms with van der Waals surface area (Å²) in [5.74, 6) is -0.587. The van der Waals surface area contributed by atoms with Gasteiger partial charge in [0.25, 0.3) is 0 Å². The zero-order chi connectivity index (χ0) is 27.5. The first-order chi connectivity index (χ1) is 17.2. The van der Waals surface area contributed by atoms with Crippen molar-refractivity contribution in [2.45, 2.75) is 42.5 Å². The largest absolute Gasteiger partial charge is 0.472 e. The van der Waals surface area contributed by atoms with Crippen molar-refractivity contribution >= 4 is 23.9 Å². The normalized spacial score (nSPS) is 21.4. The summed E-state index contributed by atoms with van der Waals surface area (Å²) in [6, 6.07) is 4.36. The predicted molar refractivity (Wildman–Crippen MR) is 118 cm³/mol. The van der Waals surface area contributed by atoms with Crippen molar-refractivity contribution in [3.63, 3.8) is 0 Å². The molecule has 37 heavy (non-hydrogen) atoms. The zero-order valence-corrected chi connectivity index (χ0v) is 21.4. The van der Waals surface area contributed by atoms with Gasteiger partial charge in [-0.25, -0.2) is 22.2 Å². The number of amides is 1. The molecule has 3 rings (SSSR count). The second-order valence-corrected chi connectivity index (χ2v) is 11.8. The number of nitrogens with zero attached hydrogens (tertiary/aromatic N) is 2. The molecule has 11 nitrogen and oxygen atoms in total. The SMILES string of the molecule is CCOP(=O)(O)OC[C@@H](OC(=O)N1CCC2(CC1)CN(S(=O)(=O)c1ccc(F)cc1)CCO2)C(F)(F)F. The number of carbonyl (C=O) groups excluding carboxylic acids is 1. The zero-order valence-electron chi connectivity index (χ0n) is 19.7. The first-order valence-corrected chi connectivity index (χ1v) is 14.1. The van der Waals surface area contributed by atoms with Crippen molar-refractivity contribution in [2.24, 2.45) is 0 Å². The van der Waals surface area contributed by atoms with Crippen LogP contribution in [-0.4, -0.2) is 92.5 Å². The highest BCUT2D eigenvalue weighted by atomic mass is 32.2. The van der Waals surface area contributed by atoms with E-state index >= 15 is 0 Å². The molecule has 2 atom stereocenters. The van der Waals surface area contributed by atoms with Crippen LogP contribution < -0.4 is 0 Å². The molecule has 2 aliphatic rings. The third kappa shape index (κ3) is 7.62. The van der Waals surface area contributed by atoms with Crippen LogP contribution in [0.5, 0.6) is 0 Å². The van der Waals surface area contributed by atoms with Gasteiger partial charge in [0.1, 0.15) is 12.4 Å². The van der Waals surface area contributed by atoms with Crippen LogP contribution in [0.2, 0.25) is 0 Å². The van der Waals surface area contributed by atoms with E-state index in [2.05, 4.69) is 13.8 Å². The van der Waals surface area contributed by atoms with Crippen LogP contribution in [0.4, 0.5) is 22.4 Å². The fourth-order valence-corrected chi connectivity index (χ4v) is 6.15. The molecule has 0 aliphatic carbocycles. The van der Waals surface area contributed by atoms with E-state index in [4.69, 9.17) is 4.74 Å². The summed E-state index contributed by atoms with van der Waals surface area (Å²) in [4.78, 5) is 22.7. The Balaban J connectivity index is 1.60. The highest BCUT2D eigenvalue weighted by Gasteiger charge is 2.47. The molecule has 1 N–H and O–H groups in total. The van der Waals surface area contributed by atoms with Crippen molar-refractivity contribution in [1.29, 1.82) is 0 Å². The second-order valence-electron chi connectivity index (χ2n) is 8.41. The van der Waals surface area contributed by atoms with Crippen LogP contribution in [-0.2, 0) is 33.1 Å². The lowest BCUT2D eigenvalue weighted by Gasteiger charge is -2.46. The molecule has 0 bridgehead atoms. The number of piperidine rings is 1. The van der Waals surface area contributed by atoms with Gasteiger partial charge in [-0.1, -0.05) is 0 Å². The molecular weight excluding hydrogens is 551 g/mol. The number of alkyl halides is 3. The average Bonchev–Trinajstić information content (AvgIpc) is 2.81. The van der Waals surface area contributed by atoms with Gasteiger partial charge in [0.05, 0.1) is 23.7 Å². The van der Waals surface area contributed by atoms with Crippen LogP contribution in [0.3, 0.4) is 0 Å². The van der Waals surface area contributed by atoms with Crippen LogP contribution in [0.25, 0.3) is 0 Å². The Hall–Kier alpha value is -1.81. The van der Waals surface area contributed by atoms with Crippen molar-refractivity contribution < 1.29 is 58.8 Å². The lowest BCUT2D eigenvalue weighted by molar-refractivity contribution is -0.214. The maximum atomic E-state index is 13.3. The minimum Gasteiger partial charge on any atom is -0.434 e. The Morgan fingerprint density at radius 2 is 1.81 bits per heavy atom. The summed E-state index contributed by atoms with van der Waals surface area (Å²) in [6.07, 6.45) is -9.00. The van der Waals surface area contributed by atoms with Crippen molar-refractivity contribution in [3.8, 4) is 0 Å². The maximum absolute atomic E-state index is 13.3. The monoisotopic (exact) mass is 578 g/mol. The minimum absolute atomic E-state index is 0.0525. The molecule has 2 heterocycles. The third-order valence-electron chi connectivity index (χ3n) is 5.89. The van der Waals surface area contributed by atoms with E-state index in [-0.39, 0.29) is 57.1 Å². The Morgan fingerprint density at radius 1 is 1.19 bits per heavy atom. The molecule has 0 aromatic heterocycles. The van der Waals surface area contributed by atoms with Gasteiger partial charge in [-0.15, -0.1) is 0 Å². The number of benzene rings is 1. The minimum atomic E-state index is -5.08. The number of likely N-dealkylation sites (tertiary alicyclic amines) is 1. The molecule has 2 saturated heterocycles. The number of sulfonamides is 1. The molecule has 17 heteroatoms. The quantitative estimate of drug-likeness (QED) is 0.365. The molecule has 1 aromatic carbocycles. The molecule has 1 spiro atoms. The van der Waals surface area contributed by atoms with Crippen molar-refractivity contribution in [2.75, 3.05) is 46.0 Å². The van der Waals surface area contributed by atoms with E-state index in [1.165, 1.54) is 11.2 Å². The van der Waals surface area contributed by atoms with E-state index < -0.39 is 54.2 Å². The lowest BCUT2D eigenvalue weighted by Crippen LogP contribution is -2.58. The Kier molecular flexibility index (Phi) is 9.26. The predicted octanol–water partition coefficient (Wildman–Crippen LogP) is 2.90. The number of phosphoric ester groups is 1. The van der Waals surface area contributed by atoms with Gasteiger partial charge >= 0.3 is 20.1 Å². The molecule has 210 valence electrons. The van der Waals surface area contributed by atoms with Gasteiger partial charge in [0, 0.05) is 26.2 Å². The molecular formula is C20H27F4N2O9PS. The Morgan fingerprint density at radius 3 is 2.38 bits per heavy atom. The smallest absolute Gasteiger partial charge is 0.434 e. The number of hydrogen-bond donors (Lipinski definition) is 1. The molecule has 2 fully saturated rings. The van der Waals surface area contributed by atoms with E-state index in [1.54, 1.807) is 0 Å². The number of morpholine rings is 1. The maximum Gasteiger partial charge on any atom is 0.472 e. The molecule has 1 amide bonds. The second kappa shape index (κ2) is 11.5. The Bertz CT molecular complexity index is 1100. The number of phosphoric acid groups is 1. The lowest BCUT2D eigenvalue weighted by atomic mass is 9.90. The van der Waals surface area contributed by atoms with Crippen molar-refractivity contribution in [3.05, 3.63) is 30.1 Å². The number of halogens is 4. The fraction of sp³-hybridized carbons (Fsp3) is 0.650. The molecule has 1 aromatic rings. The molecule has 0 radical (unpaired) electrons. The van der Waals surface area contributed by atoms with Gasteiger partial charge in [0.15, 0.2) is 0 Å². The number of hydrogen-bond acceptors (Lipinski definition) is 8. The topological polar surface area (TPSA) is 132 Å². The van der Waals surface area contributed by atoms with Gasteiger partial charge in [0.2, 0.25) is 16.1 Å². The highest BCUT2D eigenvalue weighted by Crippen LogP contribution is 2.44. The van der Waals surface area contributed by atoms with Crippen molar-refractivity contribution in [1.82, 2.24) is 9.21 Å². The molecule has 0 saturated carbocycles. The third-order valence-corrected chi connectivity index (χ3v) is 8.81.